The minimum atomic E-state index is -0.327. The molecule has 1 aliphatic carbocycles. The average molecular weight is 546 g/mol. The second-order valence-corrected chi connectivity index (χ2v) is 12.7. The van der Waals surface area contributed by atoms with Crippen molar-refractivity contribution in [3.63, 3.8) is 0 Å². The van der Waals surface area contributed by atoms with Gasteiger partial charge in [-0.1, -0.05) is 103 Å². The first-order valence-electron chi connectivity index (χ1n) is 13.6. The maximum absolute atomic E-state index is 3.82. The predicted octanol–water partition coefficient (Wildman–Crippen LogP) is 10.6. The van der Waals surface area contributed by atoms with Gasteiger partial charge in [-0.05, 0) is 75.8 Å². The van der Waals surface area contributed by atoms with E-state index in [4.69, 9.17) is 0 Å². The van der Waals surface area contributed by atoms with Crippen LogP contribution in [0.4, 0.5) is 11.4 Å². The molecule has 1 nitrogen and oxygen atoms in total. The van der Waals surface area contributed by atoms with Crippen molar-refractivity contribution in [3.05, 3.63) is 156 Å². The zero-order valence-corrected chi connectivity index (χ0v) is 23.2. The number of thiophene rings is 1. The quantitative estimate of drug-likeness (QED) is 0.232. The molecule has 6 aromatic carbocycles. The number of benzene rings is 6. The van der Waals surface area contributed by atoms with Gasteiger partial charge in [0.2, 0.25) is 0 Å². The molecule has 3 heteroatoms. The fourth-order valence-corrected chi connectivity index (χ4v) is 9.30. The summed E-state index contributed by atoms with van der Waals surface area (Å²) in [6, 6.07) is 49.2. The van der Waals surface area contributed by atoms with Crippen molar-refractivity contribution in [3.8, 4) is 11.1 Å². The number of rotatable bonds is 2. The van der Waals surface area contributed by atoms with Crippen molar-refractivity contribution >= 4 is 54.6 Å². The van der Waals surface area contributed by atoms with Crippen LogP contribution in [0.5, 0.6) is 0 Å². The van der Waals surface area contributed by atoms with E-state index >= 15 is 0 Å². The Morgan fingerprint density at radius 1 is 0.500 bits per heavy atom. The Balaban J connectivity index is 1.28. The van der Waals surface area contributed by atoms with Crippen LogP contribution >= 0.6 is 23.1 Å². The zero-order valence-electron chi connectivity index (χ0n) is 21.5. The summed E-state index contributed by atoms with van der Waals surface area (Å²) in [6.45, 7) is 0. The van der Waals surface area contributed by atoms with Gasteiger partial charge in [0, 0.05) is 41.3 Å². The van der Waals surface area contributed by atoms with E-state index in [0.717, 1.165) is 11.4 Å². The fraction of sp³-hybridized carbons (Fsp3) is 0.0270. The summed E-state index contributed by atoms with van der Waals surface area (Å²) in [4.78, 5) is 2.67. The fourth-order valence-electron chi connectivity index (χ4n) is 6.97. The maximum Gasteiger partial charge on any atom is 0.0735 e. The lowest BCUT2D eigenvalue weighted by molar-refractivity contribution is 0.722. The molecule has 0 radical (unpaired) electrons. The summed E-state index contributed by atoms with van der Waals surface area (Å²) in [5.41, 5.74) is 10.0. The van der Waals surface area contributed by atoms with Gasteiger partial charge >= 0.3 is 0 Å². The van der Waals surface area contributed by atoms with E-state index in [1.54, 1.807) is 0 Å². The minimum absolute atomic E-state index is 0.327. The van der Waals surface area contributed by atoms with Crippen LogP contribution in [-0.4, -0.2) is 0 Å². The van der Waals surface area contributed by atoms with Gasteiger partial charge in [0.1, 0.15) is 0 Å². The Bertz CT molecular complexity index is 2090. The summed E-state index contributed by atoms with van der Waals surface area (Å²) in [7, 11) is 0. The van der Waals surface area contributed by atoms with Crippen molar-refractivity contribution in [2.24, 2.45) is 0 Å². The third kappa shape index (κ3) is 2.94. The van der Waals surface area contributed by atoms with Crippen LogP contribution in [0.1, 0.15) is 22.3 Å². The summed E-state index contributed by atoms with van der Waals surface area (Å²) in [5, 5.41) is 6.43. The number of fused-ring (bicyclic) bond motifs is 12. The lowest BCUT2D eigenvalue weighted by Crippen LogP contribution is -2.31. The van der Waals surface area contributed by atoms with Crippen molar-refractivity contribution in [1.29, 1.82) is 0 Å². The topological polar surface area (TPSA) is 12.0 Å². The minimum Gasteiger partial charge on any atom is -0.355 e. The second kappa shape index (κ2) is 8.34. The first-order valence-corrected chi connectivity index (χ1v) is 15.2. The molecule has 188 valence electrons. The van der Waals surface area contributed by atoms with E-state index in [9.17, 15) is 0 Å². The van der Waals surface area contributed by atoms with E-state index in [1.165, 1.54) is 63.3 Å². The van der Waals surface area contributed by atoms with Crippen LogP contribution in [0.25, 0.3) is 31.3 Å². The Kier molecular flexibility index (Phi) is 4.69. The van der Waals surface area contributed by atoms with E-state index in [0.29, 0.717) is 0 Å². The number of hydrogen-bond acceptors (Lipinski definition) is 3. The maximum atomic E-state index is 3.82. The predicted molar refractivity (Wildman–Crippen MR) is 170 cm³/mol. The Labute approximate surface area is 241 Å². The Morgan fingerprint density at radius 3 is 1.98 bits per heavy atom. The normalized spacial score (nSPS) is 14.1. The van der Waals surface area contributed by atoms with Crippen LogP contribution in [0, 0.1) is 0 Å². The van der Waals surface area contributed by atoms with E-state index in [2.05, 4.69) is 139 Å². The summed E-state index contributed by atoms with van der Waals surface area (Å²) in [6.07, 6.45) is 0. The molecule has 9 rings (SSSR count). The molecule has 1 aliphatic heterocycles. The van der Waals surface area contributed by atoms with Crippen molar-refractivity contribution in [1.82, 2.24) is 0 Å². The highest BCUT2D eigenvalue weighted by Gasteiger charge is 2.50. The Hall–Kier alpha value is -4.31. The van der Waals surface area contributed by atoms with Gasteiger partial charge in [0.05, 0.1) is 5.41 Å². The zero-order chi connectivity index (χ0) is 26.3. The van der Waals surface area contributed by atoms with Crippen molar-refractivity contribution in [2.75, 3.05) is 5.32 Å². The number of anilines is 2. The molecule has 1 aromatic heterocycles. The third-order valence-corrected chi connectivity index (χ3v) is 10.8. The molecule has 2 heterocycles. The van der Waals surface area contributed by atoms with Gasteiger partial charge < -0.3 is 5.32 Å². The summed E-state index contributed by atoms with van der Waals surface area (Å²) < 4.78 is 2.63. The molecule has 0 saturated carbocycles. The third-order valence-electron chi connectivity index (χ3n) is 8.53. The molecule has 0 bridgehead atoms. The molecule has 7 aromatic rings. The van der Waals surface area contributed by atoms with Crippen LogP contribution in [0.3, 0.4) is 0 Å². The molecule has 0 saturated heterocycles. The first-order chi connectivity index (χ1) is 19.8. The monoisotopic (exact) mass is 545 g/mol. The summed E-state index contributed by atoms with van der Waals surface area (Å²) >= 11 is 3.75. The molecule has 40 heavy (non-hydrogen) atoms. The van der Waals surface area contributed by atoms with E-state index in [1.807, 2.05) is 23.1 Å². The molecule has 0 atom stereocenters. The molecule has 0 fully saturated rings. The smallest absolute Gasteiger partial charge is 0.0735 e. The highest BCUT2D eigenvalue weighted by molar-refractivity contribution is 7.99. The van der Waals surface area contributed by atoms with Gasteiger partial charge in [-0.3, -0.25) is 0 Å². The van der Waals surface area contributed by atoms with Gasteiger partial charge in [0.25, 0.3) is 0 Å². The lowest BCUT2D eigenvalue weighted by Gasteiger charge is -2.39. The second-order valence-electron chi connectivity index (χ2n) is 10.6. The summed E-state index contributed by atoms with van der Waals surface area (Å²) in [5.74, 6) is 0. The molecule has 0 unspecified atom stereocenters. The van der Waals surface area contributed by atoms with Gasteiger partial charge in [0.15, 0.2) is 0 Å². The van der Waals surface area contributed by atoms with Crippen LogP contribution in [0.15, 0.2) is 143 Å². The SMILES string of the molecule is c1ccc2c(c1)Sc1ccccc1C21c2ccccc2-c2cc(Nc3cccc4sc5ccccc5c34)ccc21. The van der Waals surface area contributed by atoms with Crippen molar-refractivity contribution in [2.45, 2.75) is 15.2 Å². The number of nitrogens with one attached hydrogen (secondary N) is 1. The highest BCUT2D eigenvalue weighted by atomic mass is 32.2. The Morgan fingerprint density at radius 2 is 1.15 bits per heavy atom. The van der Waals surface area contributed by atoms with E-state index < -0.39 is 0 Å². The van der Waals surface area contributed by atoms with Crippen LogP contribution < -0.4 is 5.32 Å². The van der Waals surface area contributed by atoms with Crippen LogP contribution in [0.2, 0.25) is 0 Å². The lowest BCUT2D eigenvalue weighted by atomic mass is 9.67. The molecule has 1 spiro atoms. The standard InChI is InChI=1S/C37H23NS2/c1-3-12-27-24(10-1)26-22-23(38-31-15-9-19-35-36(31)25-11-2-6-16-32(25)39-35)20-21-28(26)37(27)29-13-4-7-17-33(29)40-34-18-8-5-14-30(34)37/h1-22,38H. The number of hydrogen-bond donors (Lipinski definition) is 1. The molecule has 1 N–H and O–H groups in total. The van der Waals surface area contributed by atoms with E-state index in [-0.39, 0.29) is 5.41 Å². The highest BCUT2D eigenvalue weighted by Crippen LogP contribution is 2.62. The van der Waals surface area contributed by atoms with Gasteiger partial charge in [-0.2, -0.15) is 0 Å². The van der Waals surface area contributed by atoms with Gasteiger partial charge in [-0.25, -0.2) is 0 Å². The van der Waals surface area contributed by atoms with Gasteiger partial charge in [-0.15, -0.1) is 11.3 Å². The molecule has 0 amide bonds. The first kappa shape index (κ1) is 22.5. The van der Waals surface area contributed by atoms with Crippen molar-refractivity contribution < 1.29 is 0 Å². The molecular formula is C37H23NS2. The molecular weight excluding hydrogens is 523 g/mol. The molecule has 2 aliphatic rings. The average Bonchev–Trinajstić information content (AvgIpc) is 3.52. The largest absolute Gasteiger partial charge is 0.355 e. The van der Waals surface area contributed by atoms with Crippen LogP contribution in [-0.2, 0) is 5.41 Å².